The second-order valence-corrected chi connectivity index (χ2v) is 7.75. The van der Waals surface area contributed by atoms with E-state index in [-0.39, 0.29) is 17.7 Å². The fourth-order valence-corrected chi connectivity index (χ4v) is 4.17. The van der Waals surface area contributed by atoms with Gasteiger partial charge in [0.15, 0.2) is 0 Å². The van der Waals surface area contributed by atoms with Gasteiger partial charge in [0.1, 0.15) is 11.5 Å². The summed E-state index contributed by atoms with van der Waals surface area (Å²) < 4.78 is 5.57. The number of hydrogen-bond acceptors (Lipinski definition) is 3. The van der Waals surface area contributed by atoms with E-state index in [1.807, 2.05) is 31.0 Å². The second kappa shape index (κ2) is 8.07. The lowest BCUT2D eigenvalue weighted by Crippen LogP contribution is -2.47. The predicted molar refractivity (Wildman–Crippen MR) is 95.8 cm³/mol. The highest BCUT2D eigenvalue weighted by molar-refractivity contribution is 5.83. The molecular formula is C20H30N2O3. The SMILES string of the molecule is Cc1ccc(CN(C)C(=O)[C@H]2CCC(=O)N(CC3CCCCC3)C2)o1. The highest BCUT2D eigenvalue weighted by Gasteiger charge is 2.33. The molecule has 1 aliphatic carbocycles. The quantitative estimate of drug-likeness (QED) is 0.821. The van der Waals surface area contributed by atoms with Gasteiger partial charge in [-0.1, -0.05) is 19.3 Å². The maximum atomic E-state index is 12.8. The summed E-state index contributed by atoms with van der Waals surface area (Å²) in [6.07, 6.45) is 7.49. The van der Waals surface area contributed by atoms with E-state index in [1.165, 1.54) is 32.1 Å². The lowest BCUT2D eigenvalue weighted by molar-refractivity contribution is -0.143. The fraction of sp³-hybridized carbons (Fsp3) is 0.700. The Labute approximate surface area is 150 Å². The number of rotatable bonds is 5. The van der Waals surface area contributed by atoms with Crippen LogP contribution in [0.5, 0.6) is 0 Å². The summed E-state index contributed by atoms with van der Waals surface area (Å²) in [5.74, 6) is 2.55. The van der Waals surface area contributed by atoms with E-state index in [4.69, 9.17) is 4.42 Å². The number of likely N-dealkylation sites (tertiary alicyclic amines) is 1. The number of nitrogens with zero attached hydrogens (tertiary/aromatic N) is 2. The van der Waals surface area contributed by atoms with Crippen molar-refractivity contribution in [2.45, 2.75) is 58.4 Å². The number of furan rings is 1. The molecule has 2 aliphatic rings. The molecule has 1 aliphatic heterocycles. The summed E-state index contributed by atoms with van der Waals surface area (Å²) in [7, 11) is 1.82. The number of carbonyl (C=O) groups is 2. The van der Waals surface area contributed by atoms with Crippen LogP contribution >= 0.6 is 0 Å². The van der Waals surface area contributed by atoms with Gasteiger partial charge >= 0.3 is 0 Å². The monoisotopic (exact) mass is 346 g/mol. The van der Waals surface area contributed by atoms with Crippen molar-refractivity contribution in [2.75, 3.05) is 20.1 Å². The molecule has 0 N–H and O–H groups in total. The van der Waals surface area contributed by atoms with Gasteiger partial charge < -0.3 is 14.2 Å². The van der Waals surface area contributed by atoms with Gasteiger partial charge in [0.05, 0.1) is 12.5 Å². The summed E-state index contributed by atoms with van der Waals surface area (Å²) in [5, 5.41) is 0. The van der Waals surface area contributed by atoms with E-state index in [0.717, 1.165) is 18.1 Å². The van der Waals surface area contributed by atoms with Crippen molar-refractivity contribution in [2.24, 2.45) is 11.8 Å². The molecule has 2 fully saturated rings. The van der Waals surface area contributed by atoms with Crippen molar-refractivity contribution in [1.82, 2.24) is 9.80 Å². The van der Waals surface area contributed by atoms with E-state index >= 15 is 0 Å². The first kappa shape index (κ1) is 18.0. The number of aryl methyl sites for hydroxylation is 1. The van der Waals surface area contributed by atoms with Crippen molar-refractivity contribution in [1.29, 1.82) is 0 Å². The normalized spacial score (nSPS) is 22.2. The molecule has 1 saturated heterocycles. The molecule has 5 heteroatoms. The van der Waals surface area contributed by atoms with Crippen LogP contribution in [0.25, 0.3) is 0 Å². The van der Waals surface area contributed by atoms with E-state index in [2.05, 4.69) is 0 Å². The minimum Gasteiger partial charge on any atom is -0.464 e. The topological polar surface area (TPSA) is 53.8 Å². The highest BCUT2D eigenvalue weighted by atomic mass is 16.3. The first-order valence-corrected chi connectivity index (χ1v) is 9.61. The molecule has 0 radical (unpaired) electrons. The van der Waals surface area contributed by atoms with Crippen LogP contribution in [-0.4, -0.2) is 41.8 Å². The van der Waals surface area contributed by atoms with Gasteiger partial charge in [0.25, 0.3) is 0 Å². The summed E-state index contributed by atoms with van der Waals surface area (Å²) >= 11 is 0. The number of hydrogen-bond donors (Lipinski definition) is 0. The fourth-order valence-electron chi connectivity index (χ4n) is 4.17. The zero-order valence-electron chi connectivity index (χ0n) is 15.5. The molecule has 2 amide bonds. The molecular weight excluding hydrogens is 316 g/mol. The lowest BCUT2D eigenvalue weighted by atomic mass is 9.87. The summed E-state index contributed by atoms with van der Waals surface area (Å²) in [6, 6.07) is 3.83. The van der Waals surface area contributed by atoms with Gasteiger partial charge in [-0.25, -0.2) is 0 Å². The van der Waals surface area contributed by atoms with Crippen molar-refractivity contribution in [3.05, 3.63) is 23.7 Å². The Morgan fingerprint density at radius 1 is 1.24 bits per heavy atom. The molecule has 138 valence electrons. The standard InChI is InChI=1S/C20H30N2O3/c1-15-8-10-18(25-15)14-21(2)20(24)17-9-11-19(23)22(13-17)12-16-6-4-3-5-7-16/h8,10,16-17H,3-7,9,11-14H2,1-2H3/t17-/m0/s1. The highest BCUT2D eigenvalue weighted by Crippen LogP contribution is 2.27. The molecule has 2 heterocycles. The van der Waals surface area contributed by atoms with E-state index in [0.29, 0.717) is 31.8 Å². The number of amides is 2. The van der Waals surface area contributed by atoms with Gasteiger partial charge in [-0.2, -0.15) is 0 Å². The molecule has 0 bridgehead atoms. The molecule has 25 heavy (non-hydrogen) atoms. The van der Waals surface area contributed by atoms with Gasteiger partial charge in [0.2, 0.25) is 11.8 Å². The van der Waals surface area contributed by atoms with Crippen LogP contribution in [0.2, 0.25) is 0 Å². The third-order valence-corrected chi connectivity index (χ3v) is 5.62. The second-order valence-electron chi connectivity index (χ2n) is 7.75. The molecule has 1 saturated carbocycles. The predicted octanol–water partition coefficient (Wildman–Crippen LogP) is 3.37. The summed E-state index contributed by atoms with van der Waals surface area (Å²) in [6.45, 7) is 3.81. The van der Waals surface area contributed by atoms with E-state index < -0.39 is 0 Å². The average molecular weight is 346 g/mol. The Morgan fingerprint density at radius 2 is 2.00 bits per heavy atom. The van der Waals surface area contributed by atoms with Gasteiger partial charge in [-0.3, -0.25) is 9.59 Å². The summed E-state index contributed by atoms with van der Waals surface area (Å²) in [5.41, 5.74) is 0. The van der Waals surface area contributed by atoms with Gasteiger partial charge in [0, 0.05) is 26.6 Å². The molecule has 5 nitrogen and oxygen atoms in total. The van der Waals surface area contributed by atoms with Crippen LogP contribution in [0.15, 0.2) is 16.5 Å². The Hall–Kier alpha value is -1.78. The zero-order chi connectivity index (χ0) is 17.8. The summed E-state index contributed by atoms with van der Waals surface area (Å²) in [4.78, 5) is 28.8. The van der Waals surface area contributed by atoms with Crippen molar-refractivity contribution in [3.8, 4) is 0 Å². The average Bonchev–Trinajstić information content (AvgIpc) is 3.02. The maximum absolute atomic E-state index is 12.8. The first-order chi connectivity index (χ1) is 12.0. The minimum atomic E-state index is -0.0812. The van der Waals surface area contributed by atoms with Gasteiger partial charge in [-0.05, 0) is 44.2 Å². The number of piperidine rings is 1. The number of carbonyl (C=O) groups excluding carboxylic acids is 2. The van der Waals surface area contributed by atoms with Gasteiger partial charge in [-0.15, -0.1) is 0 Å². The van der Waals surface area contributed by atoms with Crippen molar-refractivity contribution >= 4 is 11.8 Å². The molecule has 1 aromatic rings. The van der Waals surface area contributed by atoms with E-state index in [9.17, 15) is 9.59 Å². The smallest absolute Gasteiger partial charge is 0.227 e. The van der Waals surface area contributed by atoms with E-state index in [1.54, 1.807) is 4.90 Å². The van der Waals surface area contributed by atoms with Crippen LogP contribution < -0.4 is 0 Å². The molecule has 0 unspecified atom stereocenters. The minimum absolute atomic E-state index is 0.0812. The zero-order valence-corrected chi connectivity index (χ0v) is 15.5. The van der Waals surface area contributed by atoms with Crippen LogP contribution in [0.3, 0.4) is 0 Å². The van der Waals surface area contributed by atoms with Crippen LogP contribution in [0.4, 0.5) is 0 Å². The Kier molecular flexibility index (Phi) is 5.82. The largest absolute Gasteiger partial charge is 0.464 e. The van der Waals surface area contributed by atoms with Crippen LogP contribution in [0.1, 0.15) is 56.5 Å². The maximum Gasteiger partial charge on any atom is 0.227 e. The van der Waals surface area contributed by atoms with Crippen molar-refractivity contribution in [3.63, 3.8) is 0 Å². The van der Waals surface area contributed by atoms with Crippen LogP contribution in [-0.2, 0) is 16.1 Å². The molecule has 0 spiro atoms. The Morgan fingerprint density at radius 3 is 2.68 bits per heavy atom. The molecule has 1 atom stereocenters. The third-order valence-electron chi connectivity index (χ3n) is 5.62. The lowest BCUT2D eigenvalue weighted by Gasteiger charge is -2.36. The Bertz CT molecular complexity index is 604. The Balaban J connectivity index is 1.55. The molecule has 0 aromatic carbocycles. The molecule has 3 rings (SSSR count). The molecule has 1 aromatic heterocycles. The third kappa shape index (κ3) is 4.65. The van der Waals surface area contributed by atoms with Crippen molar-refractivity contribution < 1.29 is 14.0 Å². The van der Waals surface area contributed by atoms with Crippen LogP contribution in [0, 0.1) is 18.8 Å². The first-order valence-electron chi connectivity index (χ1n) is 9.61.